The van der Waals surface area contributed by atoms with Gasteiger partial charge in [-0.05, 0) is 37.1 Å². The molecule has 0 unspecified atom stereocenters. The van der Waals surface area contributed by atoms with E-state index in [1.54, 1.807) is 13.3 Å². The van der Waals surface area contributed by atoms with E-state index in [0.717, 1.165) is 24.3 Å². The summed E-state index contributed by atoms with van der Waals surface area (Å²) < 4.78 is 13.1. The van der Waals surface area contributed by atoms with Crippen molar-refractivity contribution in [3.63, 3.8) is 0 Å². The van der Waals surface area contributed by atoms with Crippen LogP contribution in [0.1, 0.15) is 25.0 Å². The Labute approximate surface area is 200 Å². The quantitative estimate of drug-likeness (QED) is 0.239. The van der Waals surface area contributed by atoms with Gasteiger partial charge in [-0.15, -0.1) is 24.0 Å². The third-order valence-corrected chi connectivity index (χ3v) is 4.44. The van der Waals surface area contributed by atoms with Gasteiger partial charge in [0.05, 0.1) is 26.6 Å². The molecule has 0 saturated heterocycles. The zero-order chi connectivity index (χ0) is 21.2. The molecular weight excluding hydrogens is 505 g/mol. The molecule has 2 N–H and O–H groups in total. The van der Waals surface area contributed by atoms with Crippen LogP contribution >= 0.6 is 24.0 Å². The number of hydrogen-bond donors (Lipinski definition) is 2. The summed E-state index contributed by atoms with van der Waals surface area (Å²) in [7, 11) is 1.64. The van der Waals surface area contributed by atoms with E-state index < -0.39 is 0 Å². The van der Waals surface area contributed by atoms with Gasteiger partial charge in [0.2, 0.25) is 0 Å². The van der Waals surface area contributed by atoms with Gasteiger partial charge < -0.3 is 24.7 Å². The summed E-state index contributed by atoms with van der Waals surface area (Å²) in [6.45, 7) is 6.73. The number of halogens is 1. The van der Waals surface area contributed by atoms with Crippen molar-refractivity contribution in [1.29, 1.82) is 0 Å². The maximum atomic E-state index is 5.66. The van der Waals surface area contributed by atoms with Crippen LogP contribution < -0.4 is 20.1 Å². The average molecular weight is 535 g/mol. The maximum absolute atomic E-state index is 5.66. The first-order chi connectivity index (χ1) is 14.7. The van der Waals surface area contributed by atoms with Crippen molar-refractivity contribution in [3.05, 3.63) is 72.3 Å². The summed E-state index contributed by atoms with van der Waals surface area (Å²) in [5, 5.41) is 6.61. The fourth-order valence-corrected chi connectivity index (χ4v) is 2.98. The van der Waals surface area contributed by atoms with Gasteiger partial charge in [0.15, 0.2) is 17.5 Å². The Morgan fingerprint density at radius 2 is 1.84 bits per heavy atom. The van der Waals surface area contributed by atoms with Gasteiger partial charge in [-0.1, -0.05) is 24.3 Å². The van der Waals surface area contributed by atoms with E-state index in [-0.39, 0.29) is 24.0 Å². The van der Waals surface area contributed by atoms with E-state index >= 15 is 0 Å². The lowest BCUT2D eigenvalue weighted by molar-refractivity contribution is 0.311. The smallest absolute Gasteiger partial charge is 0.196 e. The van der Waals surface area contributed by atoms with Crippen molar-refractivity contribution < 1.29 is 9.47 Å². The monoisotopic (exact) mass is 535 g/mol. The second kappa shape index (κ2) is 12.8. The number of aliphatic imine (C=N–C) groups is 1. The highest BCUT2D eigenvalue weighted by Crippen LogP contribution is 2.30. The Bertz CT molecular complexity index is 943. The normalized spacial score (nSPS) is 10.9. The average Bonchev–Trinajstić information content (AvgIpc) is 3.27. The topological polar surface area (TPSA) is 72.7 Å². The number of imidazole rings is 1. The third kappa shape index (κ3) is 7.46. The number of methoxy groups -OCH3 is 1. The zero-order valence-corrected chi connectivity index (χ0v) is 20.5. The molecule has 0 aliphatic rings. The molecule has 31 heavy (non-hydrogen) atoms. The number of anilines is 1. The Kier molecular flexibility index (Phi) is 10.2. The first-order valence-corrected chi connectivity index (χ1v) is 10.1. The molecule has 0 aliphatic heterocycles. The molecule has 0 amide bonds. The van der Waals surface area contributed by atoms with Crippen molar-refractivity contribution in [3.8, 4) is 11.5 Å². The second-order valence-corrected chi connectivity index (χ2v) is 6.67. The summed E-state index contributed by atoms with van der Waals surface area (Å²) in [4.78, 5) is 8.79. The molecule has 2 aromatic carbocycles. The van der Waals surface area contributed by atoms with Gasteiger partial charge in [0.25, 0.3) is 0 Å². The Morgan fingerprint density at radius 1 is 1.06 bits per heavy atom. The molecular formula is C23H30IN5O2. The minimum Gasteiger partial charge on any atom is -0.493 e. The van der Waals surface area contributed by atoms with Crippen molar-refractivity contribution in [2.24, 2.45) is 4.99 Å². The molecule has 0 radical (unpaired) electrons. The van der Waals surface area contributed by atoms with Crippen LogP contribution in [0.5, 0.6) is 11.5 Å². The molecule has 3 rings (SSSR count). The number of benzene rings is 2. The molecule has 0 atom stereocenters. The molecule has 3 aromatic rings. The Balaban J connectivity index is 0.00000341. The number of hydrogen-bond acceptors (Lipinski definition) is 4. The number of ether oxygens (including phenoxy) is 2. The van der Waals surface area contributed by atoms with E-state index in [1.807, 2.05) is 49.1 Å². The molecule has 0 bridgehead atoms. The predicted octanol–water partition coefficient (Wildman–Crippen LogP) is 4.53. The molecule has 8 heteroatoms. The lowest BCUT2D eigenvalue weighted by Gasteiger charge is -2.14. The lowest BCUT2D eigenvalue weighted by Crippen LogP contribution is -2.30. The highest BCUT2D eigenvalue weighted by molar-refractivity contribution is 14.0. The van der Waals surface area contributed by atoms with Crippen LogP contribution in [0, 0.1) is 0 Å². The van der Waals surface area contributed by atoms with Crippen LogP contribution in [-0.2, 0) is 13.1 Å². The molecule has 7 nitrogen and oxygen atoms in total. The van der Waals surface area contributed by atoms with Crippen molar-refractivity contribution >= 4 is 35.6 Å². The van der Waals surface area contributed by atoms with E-state index in [0.29, 0.717) is 30.6 Å². The van der Waals surface area contributed by atoms with Crippen LogP contribution in [-0.4, -0.2) is 35.8 Å². The molecule has 0 saturated carbocycles. The van der Waals surface area contributed by atoms with Crippen LogP contribution in [0.15, 0.2) is 66.2 Å². The highest BCUT2D eigenvalue weighted by atomic mass is 127. The number of nitrogens with one attached hydrogen (secondary N) is 2. The third-order valence-electron chi connectivity index (χ3n) is 4.44. The number of rotatable bonds is 9. The van der Waals surface area contributed by atoms with E-state index in [9.17, 15) is 0 Å². The van der Waals surface area contributed by atoms with E-state index in [4.69, 9.17) is 14.5 Å². The number of aromatic nitrogens is 2. The Morgan fingerprint density at radius 3 is 2.48 bits per heavy atom. The number of guanidine groups is 1. The van der Waals surface area contributed by atoms with Gasteiger partial charge in [-0.25, -0.2) is 9.98 Å². The fraction of sp³-hybridized carbons (Fsp3) is 0.304. The fourth-order valence-electron chi connectivity index (χ4n) is 2.98. The highest BCUT2D eigenvalue weighted by Gasteiger charge is 2.07. The summed E-state index contributed by atoms with van der Waals surface area (Å²) in [5.74, 6) is 2.13. The molecule has 0 fully saturated rings. The van der Waals surface area contributed by atoms with Crippen LogP contribution in [0.2, 0.25) is 0 Å². The van der Waals surface area contributed by atoms with Crippen molar-refractivity contribution in [2.45, 2.75) is 26.9 Å². The summed E-state index contributed by atoms with van der Waals surface area (Å²) in [6, 6.07) is 14.2. The van der Waals surface area contributed by atoms with Gasteiger partial charge in [0.1, 0.15) is 0 Å². The molecule has 1 aromatic heterocycles. The van der Waals surface area contributed by atoms with Gasteiger partial charge in [-0.3, -0.25) is 0 Å². The van der Waals surface area contributed by atoms with Gasteiger partial charge in [-0.2, -0.15) is 0 Å². The molecule has 0 spiro atoms. The lowest BCUT2D eigenvalue weighted by atomic mass is 10.1. The largest absolute Gasteiger partial charge is 0.493 e. The summed E-state index contributed by atoms with van der Waals surface area (Å²) in [5.41, 5.74) is 3.26. The molecule has 1 heterocycles. The summed E-state index contributed by atoms with van der Waals surface area (Å²) >= 11 is 0. The van der Waals surface area contributed by atoms with E-state index in [1.165, 1.54) is 5.56 Å². The predicted molar refractivity (Wildman–Crippen MR) is 136 cm³/mol. The van der Waals surface area contributed by atoms with Gasteiger partial charge >= 0.3 is 0 Å². The zero-order valence-electron chi connectivity index (χ0n) is 18.2. The first-order valence-electron chi connectivity index (χ1n) is 10.1. The SMILES string of the molecule is CCNC(=NCc1ccc(Cn2ccnc2)cc1)Nc1ccc(OC)c(OCC)c1.I. The first kappa shape index (κ1) is 24.5. The minimum absolute atomic E-state index is 0. The van der Waals surface area contributed by atoms with Crippen molar-refractivity contribution in [2.75, 3.05) is 25.6 Å². The standard InChI is InChI=1S/C23H29N5O2.HI/c1-4-25-23(27-20-10-11-21(29-3)22(14-20)30-5-2)26-15-18-6-8-19(9-7-18)16-28-13-12-24-17-28;/h6-14,17H,4-5,15-16H2,1-3H3,(H2,25,26,27);1H. The Hall–Kier alpha value is -2.75. The van der Waals surface area contributed by atoms with Crippen LogP contribution in [0.3, 0.4) is 0 Å². The molecule has 0 aliphatic carbocycles. The van der Waals surface area contributed by atoms with E-state index in [2.05, 4.69) is 39.9 Å². The van der Waals surface area contributed by atoms with Gasteiger partial charge in [0, 0.05) is 37.2 Å². The number of nitrogens with zero attached hydrogens (tertiary/aromatic N) is 3. The minimum atomic E-state index is 0. The summed E-state index contributed by atoms with van der Waals surface area (Å²) in [6.07, 6.45) is 5.57. The molecule has 166 valence electrons. The van der Waals surface area contributed by atoms with Crippen LogP contribution in [0.4, 0.5) is 5.69 Å². The second-order valence-electron chi connectivity index (χ2n) is 6.67. The maximum Gasteiger partial charge on any atom is 0.196 e. The van der Waals surface area contributed by atoms with Crippen LogP contribution in [0.25, 0.3) is 0 Å². The van der Waals surface area contributed by atoms with Crippen molar-refractivity contribution in [1.82, 2.24) is 14.9 Å².